The molecule has 5 nitrogen and oxygen atoms in total. The van der Waals surface area contributed by atoms with E-state index in [1.165, 1.54) is 6.07 Å². The summed E-state index contributed by atoms with van der Waals surface area (Å²) in [5, 5.41) is 16.0. The summed E-state index contributed by atoms with van der Waals surface area (Å²) in [7, 11) is -1.54. The van der Waals surface area contributed by atoms with Crippen LogP contribution in [0.3, 0.4) is 0 Å². The van der Waals surface area contributed by atoms with Gasteiger partial charge < -0.3 is 5.11 Å². The third-order valence-corrected chi connectivity index (χ3v) is 4.65. The number of carboxylic acids is 1. The molecule has 22 heavy (non-hydrogen) atoms. The maximum atomic E-state index is 12.6. The summed E-state index contributed by atoms with van der Waals surface area (Å²) < 4.78 is 12.6. The highest BCUT2D eigenvalue weighted by Crippen LogP contribution is 2.26. The van der Waals surface area contributed by atoms with E-state index in [1.807, 2.05) is 6.07 Å². The average molecular weight is 312 g/mol. The van der Waals surface area contributed by atoms with Gasteiger partial charge in [0.15, 0.2) is 0 Å². The molecule has 1 unspecified atom stereocenters. The molecule has 0 aliphatic carbocycles. The quantitative estimate of drug-likeness (QED) is 0.776. The van der Waals surface area contributed by atoms with Crippen LogP contribution in [0.5, 0.6) is 0 Å². The van der Waals surface area contributed by atoms with Crippen molar-refractivity contribution in [2.75, 3.05) is 0 Å². The molecule has 3 rings (SSSR count). The van der Waals surface area contributed by atoms with Crippen molar-refractivity contribution in [1.82, 2.24) is 10.2 Å². The van der Waals surface area contributed by atoms with Crippen molar-refractivity contribution in [1.29, 1.82) is 0 Å². The van der Waals surface area contributed by atoms with Crippen molar-refractivity contribution in [3.8, 4) is 11.1 Å². The van der Waals surface area contributed by atoms with Crippen LogP contribution in [0.1, 0.15) is 10.4 Å². The number of aromatic amines is 1. The lowest BCUT2D eigenvalue weighted by atomic mass is 10.1. The van der Waals surface area contributed by atoms with E-state index in [2.05, 4.69) is 10.2 Å². The van der Waals surface area contributed by atoms with Crippen LogP contribution < -0.4 is 0 Å². The summed E-state index contributed by atoms with van der Waals surface area (Å²) in [6, 6.07) is 13.6. The minimum atomic E-state index is -1.54. The first kappa shape index (κ1) is 14.2. The first-order chi connectivity index (χ1) is 10.7. The fourth-order valence-corrected chi connectivity index (χ4v) is 3.31. The van der Waals surface area contributed by atoms with Crippen LogP contribution in [0, 0.1) is 0 Å². The second-order valence-corrected chi connectivity index (χ2v) is 6.03. The molecule has 0 spiro atoms. The first-order valence-electron chi connectivity index (χ1n) is 6.50. The summed E-state index contributed by atoms with van der Waals surface area (Å²) in [5.74, 6) is -1.11. The zero-order chi connectivity index (χ0) is 15.5. The summed E-state index contributed by atoms with van der Waals surface area (Å²) >= 11 is 0. The van der Waals surface area contributed by atoms with E-state index >= 15 is 0 Å². The van der Waals surface area contributed by atoms with Gasteiger partial charge in [0, 0.05) is 16.7 Å². The number of hydrogen-bond donors (Lipinski definition) is 2. The van der Waals surface area contributed by atoms with Crippen molar-refractivity contribution in [2.24, 2.45) is 0 Å². The Labute approximate surface area is 129 Å². The third kappa shape index (κ3) is 2.68. The van der Waals surface area contributed by atoms with Crippen LogP contribution in [0.25, 0.3) is 11.1 Å². The molecular formula is C16H12N2O3S. The van der Waals surface area contributed by atoms with Gasteiger partial charge in [-0.05, 0) is 29.8 Å². The highest BCUT2D eigenvalue weighted by Gasteiger charge is 2.18. The second-order valence-electron chi connectivity index (χ2n) is 4.58. The molecule has 0 aliphatic rings. The van der Waals surface area contributed by atoms with Crippen LogP contribution >= 0.6 is 0 Å². The van der Waals surface area contributed by atoms with Gasteiger partial charge in [0.2, 0.25) is 0 Å². The second kappa shape index (κ2) is 5.95. The highest BCUT2D eigenvalue weighted by molar-refractivity contribution is 7.85. The van der Waals surface area contributed by atoms with Gasteiger partial charge in [0.1, 0.15) is 0 Å². The average Bonchev–Trinajstić information content (AvgIpc) is 3.09. The molecule has 6 heteroatoms. The van der Waals surface area contributed by atoms with Crippen LogP contribution in [0.15, 0.2) is 70.7 Å². The number of rotatable bonds is 4. The van der Waals surface area contributed by atoms with E-state index in [4.69, 9.17) is 0 Å². The standard InChI is InChI=1S/C16H12N2O3S/c19-16(20)14-8-11(12-9-17-18-10-12)6-7-15(14)22(21)13-4-2-1-3-5-13/h1-10H,(H,17,18)(H,19,20). The van der Waals surface area contributed by atoms with Gasteiger partial charge >= 0.3 is 5.97 Å². The Bertz CT molecular complexity index is 830. The van der Waals surface area contributed by atoms with Crippen molar-refractivity contribution in [3.63, 3.8) is 0 Å². The normalized spacial score (nSPS) is 12.0. The molecule has 110 valence electrons. The van der Waals surface area contributed by atoms with Crippen molar-refractivity contribution in [2.45, 2.75) is 9.79 Å². The Hall–Kier alpha value is -2.73. The molecule has 1 atom stereocenters. The number of H-pyrrole nitrogens is 1. The molecule has 0 amide bonds. The number of hydrogen-bond acceptors (Lipinski definition) is 3. The maximum absolute atomic E-state index is 12.6. The number of nitrogens with zero attached hydrogens (tertiary/aromatic N) is 1. The molecule has 0 saturated heterocycles. The van der Waals surface area contributed by atoms with Gasteiger partial charge in [-0.2, -0.15) is 5.10 Å². The third-order valence-electron chi connectivity index (χ3n) is 3.20. The maximum Gasteiger partial charge on any atom is 0.336 e. The summed E-state index contributed by atoms with van der Waals surface area (Å²) in [6.45, 7) is 0. The molecule has 2 aromatic carbocycles. The Morgan fingerprint density at radius 3 is 2.50 bits per heavy atom. The molecule has 1 aromatic heterocycles. The van der Waals surface area contributed by atoms with Crippen molar-refractivity contribution < 1.29 is 14.1 Å². The fraction of sp³-hybridized carbons (Fsp3) is 0. The van der Waals surface area contributed by atoms with Gasteiger partial charge in [-0.3, -0.25) is 5.10 Å². The number of nitrogens with one attached hydrogen (secondary N) is 1. The first-order valence-corrected chi connectivity index (χ1v) is 7.65. The van der Waals surface area contributed by atoms with Gasteiger partial charge in [0.25, 0.3) is 0 Å². The number of carbonyl (C=O) groups is 1. The number of aromatic carboxylic acids is 1. The summed E-state index contributed by atoms with van der Waals surface area (Å²) in [6.07, 6.45) is 3.28. The lowest BCUT2D eigenvalue weighted by Crippen LogP contribution is -2.05. The predicted octanol–water partition coefficient (Wildman–Crippen LogP) is 2.94. The smallest absolute Gasteiger partial charge is 0.336 e. The Kier molecular flexibility index (Phi) is 3.84. The summed E-state index contributed by atoms with van der Waals surface area (Å²) in [5.41, 5.74) is 1.51. The lowest BCUT2D eigenvalue weighted by Gasteiger charge is -2.08. The molecular weight excluding hydrogens is 300 g/mol. The van der Waals surface area contributed by atoms with E-state index in [1.54, 1.807) is 48.8 Å². The zero-order valence-electron chi connectivity index (χ0n) is 11.4. The number of benzene rings is 2. The molecule has 1 heterocycles. The van der Waals surface area contributed by atoms with E-state index in [0.717, 1.165) is 5.56 Å². The molecule has 0 bridgehead atoms. The monoisotopic (exact) mass is 312 g/mol. The van der Waals surface area contributed by atoms with Crippen LogP contribution in [-0.2, 0) is 10.8 Å². The highest BCUT2D eigenvalue weighted by atomic mass is 32.2. The summed E-state index contributed by atoms with van der Waals surface area (Å²) in [4.78, 5) is 12.4. The molecule has 0 radical (unpaired) electrons. The predicted molar refractivity (Wildman–Crippen MR) is 82.1 cm³/mol. The van der Waals surface area contributed by atoms with E-state index in [-0.39, 0.29) is 10.5 Å². The van der Waals surface area contributed by atoms with E-state index in [0.29, 0.717) is 10.5 Å². The fourth-order valence-electron chi connectivity index (χ4n) is 2.12. The van der Waals surface area contributed by atoms with Crippen molar-refractivity contribution >= 4 is 16.8 Å². The van der Waals surface area contributed by atoms with Crippen LogP contribution in [-0.4, -0.2) is 25.5 Å². The Morgan fingerprint density at radius 2 is 1.86 bits per heavy atom. The topological polar surface area (TPSA) is 83.0 Å². The lowest BCUT2D eigenvalue weighted by molar-refractivity contribution is 0.0693. The van der Waals surface area contributed by atoms with E-state index in [9.17, 15) is 14.1 Å². The van der Waals surface area contributed by atoms with Gasteiger partial charge in [-0.1, -0.05) is 24.3 Å². The Balaban J connectivity index is 2.08. The van der Waals surface area contributed by atoms with Gasteiger partial charge in [0.05, 0.1) is 27.5 Å². The van der Waals surface area contributed by atoms with Crippen LogP contribution in [0.2, 0.25) is 0 Å². The van der Waals surface area contributed by atoms with E-state index < -0.39 is 16.8 Å². The molecule has 0 fully saturated rings. The minimum Gasteiger partial charge on any atom is -0.478 e. The van der Waals surface area contributed by atoms with Gasteiger partial charge in [-0.25, -0.2) is 9.00 Å². The number of aromatic nitrogens is 2. The molecule has 0 saturated carbocycles. The minimum absolute atomic E-state index is 0.0286. The SMILES string of the molecule is O=C(O)c1cc(-c2cn[nH]c2)ccc1S(=O)c1ccccc1. The largest absolute Gasteiger partial charge is 0.478 e. The van der Waals surface area contributed by atoms with Crippen molar-refractivity contribution in [3.05, 3.63) is 66.5 Å². The zero-order valence-corrected chi connectivity index (χ0v) is 12.2. The molecule has 2 N–H and O–H groups in total. The number of carboxylic acid groups (broad SMARTS) is 1. The van der Waals surface area contributed by atoms with Gasteiger partial charge in [-0.15, -0.1) is 0 Å². The van der Waals surface area contributed by atoms with Crippen LogP contribution in [0.4, 0.5) is 0 Å². The molecule has 3 aromatic rings. The molecule has 0 aliphatic heterocycles. The Morgan fingerprint density at radius 1 is 1.09 bits per heavy atom.